The number of fused-ring (bicyclic) bond motifs is 2. The number of imidazole rings is 1. The van der Waals surface area contributed by atoms with Gasteiger partial charge in [-0.25, -0.2) is 14.5 Å². The highest BCUT2D eigenvalue weighted by atomic mass is 32.1. The highest BCUT2D eigenvalue weighted by molar-refractivity contribution is 7.13. The van der Waals surface area contributed by atoms with Crippen molar-refractivity contribution in [3.05, 3.63) is 53.3 Å². The van der Waals surface area contributed by atoms with Gasteiger partial charge in [0, 0.05) is 30.6 Å². The van der Waals surface area contributed by atoms with Gasteiger partial charge in [0.1, 0.15) is 29.4 Å². The van der Waals surface area contributed by atoms with Gasteiger partial charge in [-0.15, -0.1) is 11.3 Å². The summed E-state index contributed by atoms with van der Waals surface area (Å²) >= 11 is 1.63. The molecule has 1 fully saturated rings. The second kappa shape index (κ2) is 8.86. The Morgan fingerprint density at radius 1 is 1.20 bits per heavy atom. The van der Waals surface area contributed by atoms with Crippen LogP contribution < -0.4 is 14.4 Å². The molecule has 0 spiro atoms. The quantitative estimate of drug-likeness (QED) is 0.337. The molecule has 0 saturated carbocycles. The Morgan fingerprint density at radius 3 is 2.97 bits per heavy atom. The van der Waals surface area contributed by atoms with Crippen molar-refractivity contribution in [1.29, 1.82) is 0 Å². The van der Waals surface area contributed by atoms with Crippen LogP contribution in [0.15, 0.2) is 46.3 Å². The SMILES string of the molecule is COc1cc(OCc2csc(N3CCOC(C)C3)n2)c2cc(-c3cn4nc(C)ccc4n3)oc2c1. The molecule has 6 rings (SSSR count). The molecule has 0 amide bonds. The Labute approximate surface area is 205 Å². The smallest absolute Gasteiger partial charge is 0.185 e. The van der Waals surface area contributed by atoms with E-state index in [4.69, 9.17) is 23.6 Å². The maximum Gasteiger partial charge on any atom is 0.185 e. The molecule has 1 unspecified atom stereocenters. The van der Waals surface area contributed by atoms with Gasteiger partial charge in [0.05, 0.1) is 42.8 Å². The summed E-state index contributed by atoms with van der Waals surface area (Å²) in [4.78, 5) is 11.7. The number of benzene rings is 1. The van der Waals surface area contributed by atoms with Crippen LogP contribution in [0.5, 0.6) is 11.5 Å². The molecule has 0 N–H and O–H groups in total. The summed E-state index contributed by atoms with van der Waals surface area (Å²) in [5.74, 6) is 1.96. The topological polar surface area (TPSA) is 87.2 Å². The Balaban J connectivity index is 1.27. The van der Waals surface area contributed by atoms with Crippen LogP contribution in [-0.2, 0) is 11.3 Å². The summed E-state index contributed by atoms with van der Waals surface area (Å²) in [6.45, 7) is 6.80. The van der Waals surface area contributed by atoms with E-state index in [1.54, 1.807) is 23.0 Å². The molecule has 1 saturated heterocycles. The van der Waals surface area contributed by atoms with Gasteiger partial charge in [-0.1, -0.05) is 0 Å². The fourth-order valence-electron chi connectivity index (χ4n) is 4.19. The number of aromatic nitrogens is 4. The van der Waals surface area contributed by atoms with Crippen LogP contribution in [0.3, 0.4) is 0 Å². The summed E-state index contributed by atoms with van der Waals surface area (Å²) in [6.07, 6.45) is 2.07. The monoisotopic (exact) mass is 491 g/mol. The summed E-state index contributed by atoms with van der Waals surface area (Å²) < 4.78 is 25.2. The summed E-state index contributed by atoms with van der Waals surface area (Å²) in [5.41, 5.74) is 3.92. The minimum absolute atomic E-state index is 0.209. The lowest BCUT2D eigenvalue weighted by atomic mass is 10.2. The van der Waals surface area contributed by atoms with E-state index in [1.165, 1.54) is 0 Å². The number of ether oxygens (including phenoxy) is 3. The lowest BCUT2D eigenvalue weighted by molar-refractivity contribution is 0.0532. The van der Waals surface area contributed by atoms with Crippen molar-refractivity contribution in [1.82, 2.24) is 19.6 Å². The van der Waals surface area contributed by atoms with Crippen LogP contribution in [0.1, 0.15) is 18.3 Å². The minimum Gasteiger partial charge on any atom is -0.496 e. The van der Waals surface area contributed by atoms with Crippen molar-refractivity contribution in [3.8, 4) is 23.0 Å². The second-order valence-corrected chi connectivity index (χ2v) is 9.43. The van der Waals surface area contributed by atoms with Gasteiger partial charge in [-0.2, -0.15) is 5.10 Å². The van der Waals surface area contributed by atoms with Gasteiger partial charge < -0.3 is 23.5 Å². The van der Waals surface area contributed by atoms with Crippen molar-refractivity contribution in [2.24, 2.45) is 0 Å². The van der Waals surface area contributed by atoms with E-state index < -0.39 is 0 Å². The van der Waals surface area contributed by atoms with E-state index in [-0.39, 0.29) is 6.10 Å². The molecule has 0 aliphatic carbocycles. The largest absolute Gasteiger partial charge is 0.496 e. The van der Waals surface area contributed by atoms with Gasteiger partial charge in [-0.05, 0) is 32.0 Å². The lowest BCUT2D eigenvalue weighted by Crippen LogP contribution is -2.41. The molecule has 1 atom stereocenters. The third-order valence-electron chi connectivity index (χ3n) is 5.94. The maximum atomic E-state index is 6.22. The molecular weight excluding hydrogens is 466 g/mol. The molecule has 35 heavy (non-hydrogen) atoms. The molecule has 5 aromatic rings. The highest BCUT2D eigenvalue weighted by Crippen LogP contribution is 2.37. The molecule has 1 aliphatic rings. The molecule has 180 valence electrons. The third kappa shape index (κ3) is 4.30. The zero-order valence-electron chi connectivity index (χ0n) is 19.7. The van der Waals surface area contributed by atoms with Gasteiger partial charge in [0.25, 0.3) is 0 Å². The second-order valence-electron chi connectivity index (χ2n) is 8.59. The maximum absolute atomic E-state index is 6.22. The number of thiazole rings is 1. The Hall–Kier alpha value is -3.63. The van der Waals surface area contributed by atoms with E-state index in [0.717, 1.165) is 47.2 Å². The fourth-order valence-corrected chi connectivity index (χ4v) is 5.04. The van der Waals surface area contributed by atoms with Crippen molar-refractivity contribution >= 4 is 33.1 Å². The van der Waals surface area contributed by atoms with Crippen LogP contribution in [0, 0.1) is 6.92 Å². The molecule has 9 nitrogen and oxygen atoms in total. The number of methoxy groups -OCH3 is 1. The van der Waals surface area contributed by atoms with Gasteiger partial charge in [0.2, 0.25) is 0 Å². The molecule has 4 aromatic heterocycles. The molecular formula is C25H25N5O4S. The zero-order valence-corrected chi connectivity index (χ0v) is 20.5. The van der Waals surface area contributed by atoms with Crippen LogP contribution >= 0.6 is 11.3 Å². The molecule has 10 heteroatoms. The van der Waals surface area contributed by atoms with Gasteiger partial charge in [0.15, 0.2) is 16.5 Å². The molecule has 1 aliphatic heterocycles. The van der Waals surface area contributed by atoms with E-state index in [9.17, 15) is 0 Å². The fraction of sp³-hybridized carbons (Fsp3) is 0.320. The Kier molecular flexibility index (Phi) is 5.54. The number of anilines is 1. The van der Waals surface area contributed by atoms with Crippen LogP contribution in [0.2, 0.25) is 0 Å². The van der Waals surface area contributed by atoms with E-state index >= 15 is 0 Å². The number of hydrogen-bond donors (Lipinski definition) is 0. The van der Waals surface area contributed by atoms with Gasteiger partial charge >= 0.3 is 0 Å². The van der Waals surface area contributed by atoms with Crippen molar-refractivity contribution < 1.29 is 18.6 Å². The number of furan rings is 1. The number of hydrogen-bond acceptors (Lipinski definition) is 9. The molecule has 0 bridgehead atoms. The number of morpholine rings is 1. The predicted molar refractivity (Wildman–Crippen MR) is 134 cm³/mol. The molecule has 5 heterocycles. The predicted octanol–water partition coefficient (Wildman–Crippen LogP) is 4.72. The first kappa shape index (κ1) is 21.9. The first-order valence-corrected chi connectivity index (χ1v) is 12.3. The van der Waals surface area contributed by atoms with Crippen LogP contribution in [0.4, 0.5) is 5.13 Å². The number of rotatable bonds is 6. The minimum atomic E-state index is 0.209. The summed E-state index contributed by atoms with van der Waals surface area (Å²) in [6, 6.07) is 9.54. The third-order valence-corrected chi connectivity index (χ3v) is 6.89. The Morgan fingerprint density at radius 2 is 2.11 bits per heavy atom. The van der Waals surface area contributed by atoms with Crippen LogP contribution in [0.25, 0.3) is 28.1 Å². The van der Waals surface area contributed by atoms with E-state index in [0.29, 0.717) is 35.1 Å². The normalized spacial score (nSPS) is 16.3. The van der Waals surface area contributed by atoms with E-state index in [2.05, 4.69) is 21.9 Å². The summed E-state index contributed by atoms with van der Waals surface area (Å²) in [7, 11) is 1.63. The standard InChI is InChI=1S/C25H25N5O4S/c1-15-4-5-24-27-20(12-30(24)28-15)23-10-19-21(8-18(31-3)9-22(19)34-23)33-13-17-14-35-25(26-17)29-6-7-32-16(2)11-29/h4-5,8-10,12,14,16H,6-7,11,13H2,1-3H3. The molecule has 0 radical (unpaired) electrons. The van der Waals surface area contributed by atoms with Crippen molar-refractivity contribution in [2.45, 2.75) is 26.6 Å². The number of aryl methyl sites for hydroxylation is 1. The summed E-state index contributed by atoms with van der Waals surface area (Å²) in [5, 5.41) is 8.36. The van der Waals surface area contributed by atoms with Gasteiger partial charge in [-0.3, -0.25) is 0 Å². The zero-order chi connectivity index (χ0) is 23.9. The van der Waals surface area contributed by atoms with Crippen molar-refractivity contribution in [2.75, 3.05) is 31.7 Å². The Bertz CT molecular complexity index is 1510. The highest BCUT2D eigenvalue weighted by Gasteiger charge is 2.20. The number of nitrogens with zero attached hydrogens (tertiary/aromatic N) is 5. The molecule has 1 aromatic carbocycles. The average Bonchev–Trinajstić information content (AvgIpc) is 3.59. The average molecular weight is 492 g/mol. The van der Waals surface area contributed by atoms with Crippen molar-refractivity contribution in [3.63, 3.8) is 0 Å². The first-order chi connectivity index (χ1) is 17.1. The first-order valence-electron chi connectivity index (χ1n) is 11.4. The van der Waals surface area contributed by atoms with E-state index in [1.807, 2.05) is 48.8 Å². The lowest BCUT2D eigenvalue weighted by Gasteiger charge is -2.30. The van der Waals surface area contributed by atoms with Crippen LogP contribution in [-0.4, -0.2) is 52.5 Å².